The maximum Gasteiger partial charge on any atom is 0.272 e. The number of carbonyl (C=O) groups is 1. The maximum absolute atomic E-state index is 14.6. The number of hydrogen-bond acceptors (Lipinski definition) is 3. The molecule has 6 heteroatoms. The minimum atomic E-state index is -0.502. The number of fused-ring (bicyclic) bond motifs is 1. The third-order valence-corrected chi connectivity index (χ3v) is 6.11. The van der Waals surface area contributed by atoms with E-state index >= 15 is 0 Å². The quantitative estimate of drug-likeness (QED) is 0.657. The number of carbonyl (C=O) groups excluding carboxylic acids is 1. The van der Waals surface area contributed by atoms with Gasteiger partial charge in [0.25, 0.3) is 11.5 Å². The van der Waals surface area contributed by atoms with Crippen LogP contribution in [-0.4, -0.2) is 34.1 Å². The lowest BCUT2D eigenvalue weighted by molar-refractivity contribution is 0.0676. The van der Waals surface area contributed by atoms with Gasteiger partial charge < -0.3 is 4.90 Å². The maximum atomic E-state index is 14.6. The van der Waals surface area contributed by atoms with Gasteiger partial charge in [0.2, 0.25) is 0 Å². The zero-order valence-corrected chi connectivity index (χ0v) is 18.0. The zero-order valence-electron chi connectivity index (χ0n) is 18.0. The summed E-state index contributed by atoms with van der Waals surface area (Å²) in [5.74, 6) is 0.540. The van der Waals surface area contributed by atoms with Crippen LogP contribution in [0.5, 0.6) is 0 Å². The highest BCUT2D eigenvalue weighted by molar-refractivity contribution is 5.94. The van der Waals surface area contributed by atoms with Crippen LogP contribution in [-0.2, 0) is 6.42 Å². The molecule has 2 aromatic carbocycles. The van der Waals surface area contributed by atoms with E-state index in [1.807, 2.05) is 12.1 Å². The largest absolute Gasteiger partial charge is 0.339 e. The van der Waals surface area contributed by atoms with Crippen LogP contribution >= 0.6 is 0 Å². The summed E-state index contributed by atoms with van der Waals surface area (Å²) in [4.78, 5) is 26.8. The predicted molar refractivity (Wildman–Crippen MR) is 120 cm³/mol. The Kier molecular flexibility index (Phi) is 6.16. The molecule has 1 N–H and O–H groups in total. The highest BCUT2D eigenvalue weighted by Gasteiger charge is 2.26. The number of aromatic amines is 1. The predicted octanol–water partition coefficient (Wildman–Crippen LogP) is 4.55. The number of rotatable bonds is 5. The number of nitrogens with zero attached hydrogens (tertiary/aromatic N) is 2. The molecule has 0 aliphatic carbocycles. The second-order valence-electron chi connectivity index (χ2n) is 8.90. The highest BCUT2D eigenvalue weighted by atomic mass is 19.1. The summed E-state index contributed by atoms with van der Waals surface area (Å²) < 4.78 is 14.6. The molecule has 162 valence electrons. The van der Waals surface area contributed by atoms with Gasteiger partial charge in [-0.05, 0) is 54.9 Å². The number of nitrogens with one attached hydrogen (secondary N) is 1. The van der Waals surface area contributed by atoms with Crippen LogP contribution in [0.4, 0.5) is 4.39 Å². The van der Waals surface area contributed by atoms with Crippen molar-refractivity contribution in [3.05, 3.63) is 75.5 Å². The first-order valence-electron chi connectivity index (χ1n) is 11.0. The van der Waals surface area contributed by atoms with Gasteiger partial charge >= 0.3 is 0 Å². The van der Waals surface area contributed by atoms with Crippen LogP contribution in [0.15, 0.2) is 47.3 Å². The molecule has 1 aliphatic rings. The Labute approximate surface area is 181 Å². The van der Waals surface area contributed by atoms with Gasteiger partial charge in [-0.3, -0.25) is 9.59 Å². The first kappa shape index (κ1) is 21.2. The summed E-state index contributed by atoms with van der Waals surface area (Å²) in [5.41, 5.74) is 1.34. The molecule has 2 heterocycles. The minimum Gasteiger partial charge on any atom is -0.339 e. The van der Waals surface area contributed by atoms with Gasteiger partial charge in [0.15, 0.2) is 0 Å². The second kappa shape index (κ2) is 9.00. The van der Waals surface area contributed by atoms with Crippen LogP contribution in [0.2, 0.25) is 0 Å². The molecule has 0 radical (unpaired) electrons. The van der Waals surface area contributed by atoms with Crippen molar-refractivity contribution in [1.82, 2.24) is 15.1 Å². The van der Waals surface area contributed by atoms with Crippen molar-refractivity contribution >= 4 is 16.7 Å². The summed E-state index contributed by atoms with van der Waals surface area (Å²) in [6, 6.07) is 11.9. The number of benzene rings is 2. The van der Waals surface area contributed by atoms with E-state index < -0.39 is 5.82 Å². The van der Waals surface area contributed by atoms with Gasteiger partial charge in [0.1, 0.15) is 5.82 Å². The van der Waals surface area contributed by atoms with E-state index in [0.717, 1.165) is 23.8 Å². The summed E-state index contributed by atoms with van der Waals surface area (Å²) in [5, 5.41) is 8.04. The molecule has 3 aromatic rings. The third kappa shape index (κ3) is 4.68. The summed E-state index contributed by atoms with van der Waals surface area (Å²) >= 11 is 0. The van der Waals surface area contributed by atoms with Gasteiger partial charge in [0, 0.05) is 24.9 Å². The van der Waals surface area contributed by atoms with Crippen LogP contribution in [0, 0.1) is 17.7 Å². The van der Waals surface area contributed by atoms with Crippen molar-refractivity contribution in [2.45, 2.75) is 39.5 Å². The lowest BCUT2D eigenvalue weighted by Gasteiger charge is -2.33. The zero-order chi connectivity index (χ0) is 22.0. The molecule has 0 bridgehead atoms. The number of aromatic nitrogens is 2. The molecular formula is C25H28FN3O2. The second-order valence-corrected chi connectivity index (χ2v) is 8.90. The molecule has 1 aromatic heterocycles. The van der Waals surface area contributed by atoms with E-state index in [0.29, 0.717) is 42.4 Å². The number of piperidine rings is 1. The average molecular weight is 422 g/mol. The third-order valence-electron chi connectivity index (χ3n) is 6.11. The molecule has 0 saturated carbocycles. The molecule has 5 nitrogen and oxygen atoms in total. The number of hydrogen-bond donors (Lipinski definition) is 1. The fraction of sp³-hybridized carbons (Fsp3) is 0.400. The smallest absolute Gasteiger partial charge is 0.272 e. The first-order valence-corrected chi connectivity index (χ1v) is 11.0. The minimum absolute atomic E-state index is 0.105. The van der Waals surface area contributed by atoms with Crippen molar-refractivity contribution in [3.8, 4) is 0 Å². The summed E-state index contributed by atoms with van der Waals surface area (Å²) in [6.07, 6.45) is 3.51. The molecule has 1 amide bonds. The normalized spacial score (nSPS) is 15.0. The molecular weight excluding hydrogens is 393 g/mol. The van der Waals surface area contributed by atoms with E-state index in [2.05, 4.69) is 24.0 Å². The van der Waals surface area contributed by atoms with Crippen molar-refractivity contribution in [2.75, 3.05) is 13.1 Å². The SMILES string of the molecule is CC(C)CC1CCN(C(=O)c2cc(Cc3n[nH]c(=O)c4ccccc34)ccc2F)CC1. The standard InChI is InChI=1S/C25H28FN3O2/c1-16(2)13-17-9-11-29(12-10-17)25(31)21-14-18(7-8-22(21)26)15-23-19-5-3-4-6-20(19)24(30)28-27-23/h3-8,14,16-17H,9-13,15H2,1-2H3,(H,28,30). The average Bonchev–Trinajstić information content (AvgIpc) is 2.77. The lowest BCUT2D eigenvalue weighted by Crippen LogP contribution is -2.39. The van der Waals surface area contributed by atoms with E-state index in [9.17, 15) is 14.0 Å². The van der Waals surface area contributed by atoms with Gasteiger partial charge in [-0.15, -0.1) is 0 Å². The molecule has 0 unspecified atom stereocenters. The van der Waals surface area contributed by atoms with Crippen molar-refractivity contribution in [1.29, 1.82) is 0 Å². The van der Waals surface area contributed by atoms with Gasteiger partial charge in [-0.25, -0.2) is 9.49 Å². The molecule has 0 atom stereocenters. The van der Waals surface area contributed by atoms with E-state index in [1.54, 1.807) is 29.2 Å². The number of likely N-dealkylation sites (tertiary alicyclic amines) is 1. The Hall–Kier alpha value is -3.02. The summed E-state index contributed by atoms with van der Waals surface area (Å²) in [7, 11) is 0. The lowest BCUT2D eigenvalue weighted by atomic mass is 9.88. The Morgan fingerprint density at radius 3 is 2.58 bits per heavy atom. The molecule has 1 fully saturated rings. The number of amides is 1. The van der Waals surface area contributed by atoms with Crippen molar-refractivity contribution in [2.24, 2.45) is 11.8 Å². The van der Waals surface area contributed by atoms with Crippen LogP contribution in [0.1, 0.15) is 54.7 Å². The van der Waals surface area contributed by atoms with Crippen LogP contribution in [0.25, 0.3) is 10.8 Å². The van der Waals surface area contributed by atoms with Crippen molar-refractivity contribution in [3.63, 3.8) is 0 Å². The first-order chi connectivity index (χ1) is 14.9. The highest BCUT2D eigenvalue weighted by Crippen LogP contribution is 2.26. The Morgan fingerprint density at radius 2 is 1.87 bits per heavy atom. The topological polar surface area (TPSA) is 66.1 Å². The van der Waals surface area contributed by atoms with Gasteiger partial charge in [-0.2, -0.15) is 5.10 Å². The Balaban J connectivity index is 1.54. The van der Waals surface area contributed by atoms with E-state index in [-0.39, 0.29) is 17.0 Å². The van der Waals surface area contributed by atoms with E-state index in [4.69, 9.17) is 0 Å². The fourth-order valence-corrected chi connectivity index (χ4v) is 4.55. The number of halogens is 1. The van der Waals surface area contributed by atoms with E-state index in [1.165, 1.54) is 12.5 Å². The molecule has 1 saturated heterocycles. The van der Waals surface area contributed by atoms with Crippen molar-refractivity contribution < 1.29 is 9.18 Å². The molecule has 1 aliphatic heterocycles. The Morgan fingerprint density at radius 1 is 1.16 bits per heavy atom. The molecule has 4 rings (SSSR count). The Bertz CT molecular complexity index is 1150. The summed E-state index contributed by atoms with van der Waals surface area (Å²) in [6.45, 7) is 5.79. The van der Waals surface area contributed by atoms with Gasteiger partial charge in [-0.1, -0.05) is 38.1 Å². The van der Waals surface area contributed by atoms with Crippen LogP contribution < -0.4 is 5.56 Å². The van der Waals surface area contributed by atoms with Gasteiger partial charge in [0.05, 0.1) is 16.6 Å². The molecule has 31 heavy (non-hydrogen) atoms. The number of H-pyrrole nitrogens is 1. The fourth-order valence-electron chi connectivity index (χ4n) is 4.55. The monoisotopic (exact) mass is 421 g/mol. The molecule has 0 spiro atoms. The van der Waals surface area contributed by atoms with Crippen LogP contribution in [0.3, 0.4) is 0 Å².